The van der Waals surface area contributed by atoms with Crippen molar-refractivity contribution in [2.45, 2.75) is 11.3 Å². The zero-order valence-corrected chi connectivity index (χ0v) is 19.1. The molecule has 0 saturated heterocycles. The zero-order valence-electron chi connectivity index (χ0n) is 16.0. The Hall–Kier alpha value is -2.85. The van der Waals surface area contributed by atoms with Gasteiger partial charge < -0.3 is 15.3 Å². The molecule has 12 heteroatoms. The van der Waals surface area contributed by atoms with Gasteiger partial charge in [-0.3, -0.25) is 4.79 Å². The summed E-state index contributed by atoms with van der Waals surface area (Å²) in [6.45, 7) is 0. The van der Waals surface area contributed by atoms with Crippen molar-refractivity contribution in [2.75, 3.05) is 5.32 Å². The van der Waals surface area contributed by atoms with Crippen LogP contribution in [0.1, 0.15) is 5.56 Å². The lowest BCUT2D eigenvalue weighted by atomic mass is 10.1. The van der Waals surface area contributed by atoms with Gasteiger partial charge in [-0.25, -0.2) is 19.9 Å². The van der Waals surface area contributed by atoms with E-state index in [1.807, 2.05) is 18.2 Å². The van der Waals surface area contributed by atoms with E-state index in [-0.39, 0.29) is 5.12 Å². The van der Waals surface area contributed by atoms with Crippen LogP contribution in [-0.2, 0) is 11.2 Å². The highest BCUT2D eigenvalue weighted by Gasteiger charge is 2.19. The van der Waals surface area contributed by atoms with Crippen LogP contribution in [0.25, 0.3) is 22.1 Å². The molecule has 1 aromatic carbocycles. The topological polar surface area (TPSA) is 112 Å². The Morgan fingerprint density at radius 2 is 1.56 bits per heavy atom. The predicted octanol–water partition coefficient (Wildman–Crippen LogP) is 5.79. The predicted molar refractivity (Wildman–Crippen MR) is 127 cm³/mol. The molecule has 6 rings (SSSR count). The van der Waals surface area contributed by atoms with Crippen LogP contribution in [0.5, 0.6) is 0 Å². The molecule has 8 nitrogen and oxygen atoms in total. The van der Waals surface area contributed by atoms with Crippen molar-refractivity contribution in [2.24, 2.45) is 0 Å². The molecule has 0 unspecified atom stereocenters. The molecule has 0 spiro atoms. The van der Waals surface area contributed by atoms with Gasteiger partial charge in [0, 0.05) is 17.0 Å². The van der Waals surface area contributed by atoms with Gasteiger partial charge in [0.05, 0.1) is 10.8 Å². The number of H-pyrrole nitrogens is 2. The summed E-state index contributed by atoms with van der Waals surface area (Å²) < 4.78 is 0. The van der Waals surface area contributed by atoms with Gasteiger partial charge in [0.2, 0.25) is 0 Å². The molecule has 0 radical (unpaired) electrons. The summed E-state index contributed by atoms with van der Waals surface area (Å²) >= 11 is 18.7. The van der Waals surface area contributed by atoms with Crippen molar-refractivity contribution in [3.05, 3.63) is 64.0 Å². The molecule has 0 fully saturated rings. The van der Waals surface area contributed by atoms with Gasteiger partial charge >= 0.3 is 0 Å². The Bertz CT molecular complexity index is 1480. The first-order valence-electron chi connectivity index (χ1n) is 9.21. The van der Waals surface area contributed by atoms with Gasteiger partial charge in [-0.15, -0.1) is 0 Å². The number of nitrogens with one attached hydrogen (secondary N) is 3. The molecule has 0 aliphatic carbocycles. The maximum atomic E-state index is 11.5. The van der Waals surface area contributed by atoms with E-state index in [1.54, 1.807) is 12.1 Å². The number of hydrogen-bond acceptors (Lipinski definition) is 7. The standard InChI is InChI=1S/C14H9ClN4OS.C6H3Cl2N3/c15-11-5-9-13(16-6-17-14(9)19-11)18-8-2-1-7-3-12(20)21-10(7)4-8;7-4-1-3-5(8)9-2-10-6(3)11-4/h1-2,4-6H,3H2,(H2,16,17,18,19);1-2H,(H,9,10,11). The number of nitrogens with zero attached hydrogens (tertiary/aromatic N) is 4. The molecule has 0 atom stereocenters. The molecule has 3 N–H and O–H groups in total. The number of rotatable bonds is 2. The lowest BCUT2D eigenvalue weighted by Crippen LogP contribution is -1.95. The van der Waals surface area contributed by atoms with Crippen molar-refractivity contribution in [1.29, 1.82) is 0 Å². The SMILES string of the molecule is Clc1cc2c(Cl)ncnc2[nH]1.O=C1Cc2ccc(Nc3ncnc4[nH]c(Cl)cc34)cc2S1. The van der Waals surface area contributed by atoms with Crippen molar-refractivity contribution in [1.82, 2.24) is 29.9 Å². The molecule has 4 aromatic heterocycles. The summed E-state index contributed by atoms with van der Waals surface area (Å²) in [5.41, 5.74) is 3.31. The number of carbonyl (C=O) groups excluding carboxylic acids is 1. The number of hydrogen-bond donors (Lipinski definition) is 3. The molecule has 1 aliphatic rings. The number of aromatic amines is 2. The number of benzene rings is 1. The number of carbonyl (C=O) groups is 1. The van der Waals surface area contributed by atoms with Crippen LogP contribution < -0.4 is 5.32 Å². The Morgan fingerprint density at radius 3 is 2.31 bits per heavy atom. The Morgan fingerprint density at radius 1 is 0.875 bits per heavy atom. The Labute approximate surface area is 200 Å². The van der Waals surface area contributed by atoms with E-state index in [2.05, 4.69) is 35.2 Å². The van der Waals surface area contributed by atoms with E-state index in [0.29, 0.717) is 39.0 Å². The summed E-state index contributed by atoms with van der Waals surface area (Å²) in [7, 11) is 0. The van der Waals surface area contributed by atoms with Crippen LogP contribution in [-0.4, -0.2) is 35.0 Å². The summed E-state index contributed by atoms with van der Waals surface area (Å²) in [4.78, 5) is 34.3. The normalized spacial score (nSPS) is 12.7. The van der Waals surface area contributed by atoms with Gasteiger partial charge in [-0.05, 0) is 29.8 Å². The third kappa shape index (κ3) is 4.24. The number of fused-ring (bicyclic) bond motifs is 3. The Kier molecular flexibility index (Phi) is 5.64. The van der Waals surface area contributed by atoms with E-state index in [1.165, 1.54) is 24.4 Å². The maximum absolute atomic E-state index is 11.5. The number of thioether (sulfide) groups is 1. The fourth-order valence-corrected chi connectivity index (χ4v) is 4.72. The second-order valence-corrected chi connectivity index (χ2v) is 9.02. The first-order chi connectivity index (χ1) is 15.5. The molecule has 5 heterocycles. The lowest BCUT2D eigenvalue weighted by Gasteiger charge is -2.07. The molecule has 0 bridgehead atoms. The van der Waals surface area contributed by atoms with Crippen LogP contribution in [0.15, 0.2) is 47.9 Å². The van der Waals surface area contributed by atoms with Crippen LogP contribution in [0, 0.1) is 0 Å². The largest absolute Gasteiger partial charge is 0.340 e. The molecule has 32 heavy (non-hydrogen) atoms. The van der Waals surface area contributed by atoms with Gasteiger partial charge in [-0.1, -0.05) is 52.6 Å². The van der Waals surface area contributed by atoms with Crippen LogP contribution in [0.2, 0.25) is 15.5 Å². The van der Waals surface area contributed by atoms with E-state index in [4.69, 9.17) is 34.8 Å². The lowest BCUT2D eigenvalue weighted by molar-refractivity contribution is -0.110. The number of halogens is 3. The van der Waals surface area contributed by atoms with Crippen molar-refractivity contribution >= 4 is 85.3 Å². The summed E-state index contributed by atoms with van der Waals surface area (Å²) in [6.07, 6.45) is 3.37. The van der Waals surface area contributed by atoms with Gasteiger partial charge in [0.15, 0.2) is 5.12 Å². The molecule has 1 aliphatic heterocycles. The second kappa shape index (κ2) is 8.59. The second-order valence-electron chi connectivity index (χ2n) is 6.74. The third-order valence-electron chi connectivity index (χ3n) is 4.63. The molecule has 0 amide bonds. The quantitative estimate of drug-likeness (QED) is 0.261. The summed E-state index contributed by atoms with van der Waals surface area (Å²) in [5, 5.41) is 6.46. The van der Waals surface area contributed by atoms with E-state index in [0.717, 1.165) is 26.9 Å². The van der Waals surface area contributed by atoms with Crippen LogP contribution in [0.4, 0.5) is 11.5 Å². The maximum Gasteiger partial charge on any atom is 0.198 e. The smallest absolute Gasteiger partial charge is 0.198 e. The first-order valence-corrected chi connectivity index (χ1v) is 11.2. The van der Waals surface area contributed by atoms with Gasteiger partial charge in [-0.2, -0.15) is 0 Å². The first kappa shape index (κ1) is 21.0. The van der Waals surface area contributed by atoms with E-state index >= 15 is 0 Å². The highest BCUT2D eigenvalue weighted by molar-refractivity contribution is 8.14. The zero-order chi connectivity index (χ0) is 22.2. The number of aromatic nitrogens is 6. The van der Waals surface area contributed by atoms with Crippen molar-refractivity contribution < 1.29 is 4.79 Å². The third-order valence-corrected chi connectivity index (χ3v) is 6.31. The number of anilines is 2. The monoisotopic (exact) mass is 503 g/mol. The van der Waals surface area contributed by atoms with Crippen molar-refractivity contribution in [3.8, 4) is 0 Å². The average Bonchev–Trinajstić information content (AvgIpc) is 3.43. The molecular formula is C20H12Cl3N7OS. The Balaban J connectivity index is 0.000000165. The molecule has 0 saturated carbocycles. The summed E-state index contributed by atoms with van der Waals surface area (Å²) in [5.74, 6) is 0.678. The minimum Gasteiger partial charge on any atom is -0.340 e. The highest BCUT2D eigenvalue weighted by atomic mass is 35.5. The average molecular weight is 505 g/mol. The molecule has 160 valence electrons. The minimum absolute atomic E-state index is 0.184. The highest BCUT2D eigenvalue weighted by Crippen LogP contribution is 2.35. The van der Waals surface area contributed by atoms with E-state index in [9.17, 15) is 4.79 Å². The molecule has 5 aromatic rings. The van der Waals surface area contributed by atoms with E-state index < -0.39 is 0 Å². The fraction of sp³-hybridized carbons (Fsp3) is 0.0500. The summed E-state index contributed by atoms with van der Waals surface area (Å²) in [6, 6.07) is 9.36. The van der Waals surface area contributed by atoms with Gasteiger partial charge in [0.1, 0.15) is 45.2 Å². The van der Waals surface area contributed by atoms with Gasteiger partial charge in [0.25, 0.3) is 0 Å². The van der Waals surface area contributed by atoms with Crippen LogP contribution in [0.3, 0.4) is 0 Å². The fourth-order valence-electron chi connectivity index (χ4n) is 3.21. The van der Waals surface area contributed by atoms with Crippen LogP contribution >= 0.6 is 46.6 Å². The molecular weight excluding hydrogens is 493 g/mol. The minimum atomic E-state index is 0.184. The van der Waals surface area contributed by atoms with Crippen molar-refractivity contribution in [3.63, 3.8) is 0 Å².